The van der Waals surface area contributed by atoms with E-state index in [1.807, 2.05) is 11.6 Å². The Kier molecular flexibility index (Phi) is 6.17. The number of aryl methyl sites for hydroxylation is 1. The van der Waals surface area contributed by atoms with Crippen LogP contribution in [0.15, 0.2) is 29.2 Å². The van der Waals surface area contributed by atoms with Gasteiger partial charge in [-0.1, -0.05) is 24.6 Å². The number of rotatable bonds is 5. The molecule has 0 saturated carbocycles. The Bertz CT molecular complexity index is 614. The van der Waals surface area contributed by atoms with Crippen molar-refractivity contribution >= 4 is 33.6 Å². The molecule has 0 aromatic heterocycles. The van der Waals surface area contributed by atoms with E-state index in [1.165, 1.54) is 12.1 Å². The molecule has 21 heavy (non-hydrogen) atoms. The van der Waals surface area contributed by atoms with Gasteiger partial charge in [0.05, 0.1) is 4.90 Å². The summed E-state index contributed by atoms with van der Waals surface area (Å²) in [6.45, 7) is 3.34. The fourth-order valence-electron chi connectivity index (χ4n) is 1.56. The molecule has 0 saturated heterocycles. The van der Waals surface area contributed by atoms with Crippen LogP contribution in [0.5, 0.6) is 0 Å². The molecular formula is C13H17ClN2O4S. The SMILES string of the molecule is CCC(=O)N(CCCl)C(=O)NS(=O)(=O)c1ccc(C)cc1. The number of hydrogen-bond acceptors (Lipinski definition) is 4. The van der Waals surface area contributed by atoms with Crippen molar-refractivity contribution < 1.29 is 18.0 Å². The number of nitrogens with zero attached hydrogens (tertiary/aromatic N) is 1. The summed E-state index contributed by atoms with van der Waals surface area (Å²) in [5, 5.41) is 0. The van der Waals surface area contributed by atoms with Gasteiger partial charge >= 0.3 is 6.03 Å². The highest BCUT2D eigenvalue weighted by molar-refractivity contribution is 7.90. The van der Waals surface area contributed by atoms with E-state index in [2.05, 4.69) is 0 Å². The number of sulfonamides is 1. The van der Waals surface area contributed by atoms with Gasteiger partial charge in [0.1, 0.15) is 0 Å². The Labute approximate surface area is 129 Å². The molecule has 116 valence electrons. The number of carbonyl (C=O) groups is 2. The molecule has 0 unspecified atom stereocenters. The van der Waals surface area contributed by atoms with Crippen molar-refractivity contribution in [3.63, 3.8) is 0 Å². The minimum Gasteiger partial charge on any atom is -0.274 e. The predicted octanol–water partition coefficient (Wildman–Crippen LogP) is 1.87. The molecular weight excluding hydrogens is 316 g/mol. The maximum absolute atomic E-state index is 12.1. The summed E-state index contributed by atoms with van der Waals surface area (Å²) in [7, 11) is -4.02. The number of halogens is 1. The van der Waals surface area contributed by atoms with Crippen molar-refractivity contribution in [2.24, 2.45) is 0 Å². The average molecular weight is 333 g/mol. The number of alkyl halides is 1. The van der Waals surface area contributed by atoms with Crippen LogP contribution in [0.1, 0.15) is 18.9 Å². The third-order valence-corrected chi connectivity index (χ3v) is 4.21. The van der Waals surface area contributed by atoms with E-state index in [1.54, 1.807) is 19.1 Å². The van der Waals surface area contributed by atoms with E-state index < -0.39 is 22.0 Å². The molecule has 0 bridgehead atoms. The van der Waals surface area contributed by atoms with Crippen LogP contribution in [0.3, 0.4) is 0 Å². The van der Waals surface area contributed by atoms with Crippen LogP contribution in [0.25, 0.3) is 0 Å². The van der Waals surface area contributed by atoms with E-state index in [4.69, 9.17) is 11.6 Å². The molecule has 3 amide bonds. The Morgan fingerprint density at radius 2 is 1.81 bits per heavy atom. The minimum atomic E-state index is -4.02. The first-order valence-electron chi connectivity index (χ1n) is 6.31. The molecule has 0 aliphatic rings. The quantitative estimate of drug-likeness (QED) is 0.834. The van der Waals surface area contributed by atoms with E-state index >= 15 is 0 Å². The number of nitrogens with one attached hydrogen (secondary N) is 1. The standard InChI is InChI=1S/C13H17ClN2O4S/c1-3-12(17)16(9-8-14)13(18)15-21(19,20)11-6-4-10(2)5-7-11/h4-7H,3,8-9H2,1-2H3,(H,15,18). The minimum absolute atomic E-state index is 0.0315. The molecule has 1 aromatic carbocycles. The van der Waals surface area contributed by atoms with Crippen LogP contribution in [0.4, 0.5) is 4.79 Å². The third-order valence-electron chi connectivity index (χ3n) is 2.71. The number of urea groups is 1. The Morgan fingerprint density at radius 1 is 1.24 bits per heavy atom. The lowest BCUT2D eigenvalue weighted by Gasteiger charge is -2.19. The van der Waals surface area contributed by atoms with Gasteiger partial charge in [0.15, 0.2) is 0 Å². The first-order valence-corrected chi connectivity index (χ1v) is 8.33. The van der Waals surface area contributed by atoms with Crippen molar-refractivity contribution in [2.45, 2.75) is 25.2 Å². The second-order valence-corrected chi connectivity index (χ2v) is 6.37. The lowest BCUT2D eigenvalue weighted by atomic mass is 10.2. The molecule has 0 aliphatic carbocycles. The first kappa shape index (κ1) is 17.5. The third kappa shape index (κ3) is 4.71. The van der Waals surface area contributed by atoms with Crippen molar-refractivity contribution in [1.29, 1.82) is 0 Å². The summed E-state index contributed by atoms with van der Waals surface area (Å²) in [4.78, 5) is 24.3. The lowest BCUT2D eigenvalue weighted by molar-refractivity contribution is -0.127. The van der Waals surface area contributed by atoms with Crippen LogP contribution in [0.2, 0.25) is 0 Å². The summed E-state index contributed by atoms with van der Waals surface area (Å²) in [6, 6.07) is 5.01. The maximum atomic E-state index is 12.1. The van der Waals surface area contributed by atoms with Gasteiger partial charge in [-0.2, -0.15) is 0 Å². The maximum Gasteiger partial charge on any atom is 0.338 e. The molecule has 0 radical (unpaired) electrons. The Hall–Kier alpha value is -1.60. The van der Waals surface area contributed by atoms with Crippen molar-refractivity contribution in [3.8, 4) is 0 Å². The number of carbonyl (C=O) groups excluding carboxylic acids is 2. The van der Waals surface area contributed by atoms with Crippen LogP contribution in [-0.2, 0) is 14.8 Å². The van der Waals surface area contributed by atoms with Gasteiger partial charge in [0.2, 0.25) is 5.91 Å². The highest BCUT2D eigenvalue weighted by atomic mass is 35.5. The zero-order chi connectivity index (χ0) is 16.0. The summed E-state index contributed by atoms with van der Waals surface area (Å²) in [6.07, 6.45) is 0.0783. The molecule has 0 heterocycles. The molecule has 1 aromatic rings. The lowest BCUT2D eigenvalue weighted by Crippen LogP contribution is -2.46. The summed E-state index contributed by atoms with van der Waals surface area (Å²) < 4.78 is 26.0. The van der Waals surface area contributed by atoms with Gasteiger partial charge in [-0.25, -0.2) is 17.9 Å². The fourth-order valence-corrected chi connectivity index (χ4v) is 2.68. The zero-order valence-electron chi connectivity index (χ0n) is 11.8. The summed E-state index contributed by atoms with van der Waals surface area (Å²) >= 11 is 5.52. The average Bonchev–Trinajstić information content (AvgIpc) is 2.43. The molecule has 1 rings (SSSR count). The van der Waals surface area contributed by atoms with Crippen LogP contribution < -0.4 is 4.72 Å². The fraction of sp³-hybridized carbons (Fsp3) is 0.385. The molecule has 0 spiro atoms. The molecule has 0 aliphatic heterocycles. The number of imide groups is 1. The molecule has 0 fully saturated rings. The Balaban J connectivity index is 2.93. The normalized spacial score (nSPS) is 11.0. The van der Waals surface area contributed by atoms with E-state index in [-0.39, 0.29) is 23.7 Å². The van der Waals surface area contributed by atoms with E-state index in [0.717, 1.165) is 10.5 Å². The Morgan fingerprint density at radius 3 is 2.29 bits per heavy atom. The molecule has 6 nitrogen and oxygen atoms in total. The smallest absolute Gasteiger partial charge is 0.274 e. The van der Waals surface area contributed by atoms with Gasteiger partial charge in [0, 0.05) is 18.8 Å². The highest BCUT2D eigenvalue weighted by Crippen LogP contribution is 2.10. The number of benzene rings is 1. The van der Waals surface area contributed by atoms with E-state index in [0.29, 0.717) is 0 Å². The second kappa shape index (κ2) is 7.42. The van der Waals surface area contributed by atoms with Gasteiger partial charge in [-0.15, -0.1) is 11.6 Å². The number of hydrogen-bond donors (Lipinski definition) is 1. The molecule has 8 heteroatoms. The van der Waals surface area contributed by atoms with Crippen molar-refractivity contribution in [2.75, 3.05) is 12.4 Å². The highest BCUT2D eigenvalue weighted by Gasteiger charge is 2.25. The van der Waals surface area contributed by atoms with Crippen LogP contribution in [-0.4, -0.2) is 37.7 Å². The largest absolute Gasteiger partial charge is 0.338 e. The van der Waals surface area contributed by atoms with Gasteiger partial charge in [-0.05, 0) is 19.1 Å². The predicted molar refractivity (Wildman–Crippen MR) is 79.6 cm³/mol. The van der Waals surface area contributed by atoms with Crippen molar-refractivity contribution in [3.05, 3.63) is 29.8 Å². The topological polar surface area (TPSA) is 83.6 Å². The molecule has 0 atom stereocenters. The molecule has 1 N–H and O–H groups in total. The van der Waals surface area contributed by atoms with Crippen molar-refractivity contribution in [1.82, 2.24) is 9.62 Å². The first-order chi connectivity index (χ1) is 9.81. The summed E-state index contributed by atoms with van der Waals surface area (Å²) in [5.41, 5.74) is 0.894. The van der Waals surface area contributed by atoms with Gasteiger partial charge in [-0.3, -0.25) is 9.69 Å². The number of amides is 3. The van der Waals surface area contributed by atoms with Gasteiger partial charge < -0.3 is 0 Å². The van der Waals surface area contributed by atoms with Crippen LogP contribution >= 0.6 is 11.6 Å². The van der Waals surface area contributed by atoms with E-state index in [9.17, 15) is 18.0 Å². The monoisotopic (exact) mass is 332 g/mol. The zero-order valence-corrected chi connectivity index (χ0v) is 13.4. The van der Waals surface area contributed by atoms with Crippen LogP contribution in [0, 0.1) is 6.92 Å². The summed E-state index contributed by atoms with van der Waals surface area (Å²) in [5.74, 6) is -0.462. The van der Waals surface area contributed by atoms with Gasteiger partial charge in [0.25, 0.3) is 10.0 Å². The second-order valence-electron chi connectivity index (χ2n) is 4.31.